The van der Waals surface area contributed by atoms with Crippen molar-refractivity contribution in [2.45, 2.75) is 19.4 Å². The summed E-state index contributed by atoms with van der Waals surface area (Å²) >= 11 is 0. The summed E-state index contributed by atoms with van der Waals surface area (Å²) in [6.45, 7) is 2.00. The zero-order valence-electron chi connectivity index (χ0n) is 12.9. The lowest BCUT2D eigenvalue weighted by molar-refractivity contribution is -0.120. The molecule has 6 heteroatoms. The normalized spacial score (nSPS) is 12.4. The topological polar surface area (TPSA) is 63.1 Å². The molecule has 0 aliphatic rings. The van der Waals surface area contributed by atoms with Crippen LogP contribution < -0.4 is 5.32 Å². The second-order valence-corrected chi connectivity index (χ2v) is 5.20. The van der Waals surface area contributed by atoms with Crippen LogP contribution in [0.25, 0.3) is 11.4 Å². The summed E-state index contributed by atoms with van der Waals surface area (Å²) in [5, 5.41) is 7.18. The van der Waals surface area contributed by atoms with E-state index in [1.165, 1.54) is 0 Å². The zero-order valence-corrected chi connectivity index (χ0v) is 12.9. The minimum atomic E-state index is -0.123. The summed E-state index contributed by atoms with van der Waals surface area (Å²) in [6.07, 6.45) is 2.43. The third kappa shape index (κ3) is 3.66. The zero-order chi connectivity index (χ0) is 15.4. The highest BCUT2D eigenvalue weighted by molar-refractivity contribution is 5.94. The largest absolute Gasteiger partial charge is 0.325 e. The molecule has 0 spiro atoms. The Balaban J connectivity index is 2.07. The van der Waals surface area contributed by atoms with Crippen molar-refractivity contribution in [3.63, 3.8) is 0 Å². The Morgan fingerprint density at radius 2 is 2.00 bits per heavy atom. The van der Waals surface area contributed by atoms with Gasteiger partial charge in [-0.1, -0.05) is 6.92 Å². The Morgan fingerprint density at radius 1 is 1.33 bits per heavy atom. The van der Waals surface area contributed by atoms with Gasteiger partial charge in [0.2, 0.25) is 5.91 Å². The fourth-order valence-corrected chi connectivity index (χ4v) is 2.18. The van der Waals surface area contributed by atoms with Gasteiger partial charge < -0.3 is 5.32 Å². The number of aromatic nitrogens is 3. The van der Waals surface area contributed by atoms with Gasteiger partial charge in [0.25, 0.3) is 0 Å². The van der Waals surface area contributed by atoms with Crippen molar-refractivity contribution in [1.82, 2.24) is 19.7 Å². The second kappa shape index (κ2) is 6.49. The van der Waals surface area contributed by atoms with Crippen LogP contribution in [0.4, 0.5) is 5.69 Å². The van der Waals surface area contributed by atoms with Gasteiger partial charge in [0.15, 0.2) is 5.82 Å². The molecule has 0 radical (unpaired) electrons. The van der Waals surface area contributed by atoms with E-state index < -0.39 is 0 Å². The van der Waals surface area contributed by atoms with Gasteiger partial charge >= 0.3 is 0 Å². The maximum absolute atomic E-state index is 12.2. The Bertz CT molecular complexity index is 603. The van der Waals surface area contributed by atoms with E-state index in [4.69, 9.17) is 0 Å². The number of anilines is 1. The molecule has 0 saturated heterocycles. The van der Waals surface area contributed by atoms with E-state index in [9.17, 15) is 4.79 Å². The van der Waals surface area contributed by atoms with Gasteiger partial charge in [0, 0.05) is 18.3 Å². The van der Waals surface area contributed by atoms with Crippen molar-refractivity contribution < 1.29 is 4.79 Å². The molecule has 0 aliphatic heterocycles. The second-order valence-electron chi connectivity index (χ2n) is 5.20. The number of carbonyl (C=O) groups excluding carboxylic acids is 1. The van der Waals surface area contributed by atoms with E-state index in [2.05, 4.69) is 15.4 Å². The van der Waals surface area contributed by atoms with Crippen molar-refractivity contribution in [1.29, 1.82) is 0 Å². The van der Waals surface area contributed by atoms with Crippen molar-refractivity contribution in [3.8, 4) is 11.4 Å². The average molecular weight is 287 g/mol. The molecule has 0 unspecified atom stereocenters. The third-order valence-electron chi connectivity index (χ3n) is 3.32. The molecule has 1 atom stereocenters. The molecule has 2 rings (SSSR count). The molecule has 0 fully saturated rings. The summed E-state index contributed by atoms with van der Waals surface area (Å²) in [6, 6.07) is 7.42. The highest BCUT2D eigenvalue weighted by atomic mass is 16.2. The van der Waals surface area contributed by atoms with Gasteiger partial charge in [0.05, 0.1) is 6.04 Å². The molecule has 1 heterocycles. The van der Waals surface area contributed by atoms with Crippen molar-refractivity contribution in [2.75, 3.05) is 19.4 Å². The standard InChI is InChI=1S/C15H21N5O/c1-5-13(19(2)3)15(21)17-12-8-6-11(7-9-12)14-16-10-20(4)18-14/h6-10,13H,5H2,1-4H3,(H,17,21)/t13-/m1/s1. The summed E-state index contributed by atoms with van der Waals surface area (Å²) in [5.41, 5.74) is 1.70. The summed E-state index contributed by atoms with van der Waals surface area (Å²) in [7, 11) is 5.64. The van der Waals surface area contributed by atoms with Gasteiger partial charge in [0.1, 0.15) is 6.33 Å². The summed E-state index contributed by atoms with van der Waals surface area (Å²) in [5.74, 6) is 0.682. The van der Waals surface area contributed by atoms with Crippen LogP contribution in [0.15, 0.2) is 30.6 Å². The van der Waals surface area contributed by atoms with Crippen molar-refractivity contribution in [3.05, 3.63) is 30.6 Å². The Kier molecular flexibility index (Phi) is 4.70. The van der Waals surface area contributed by atoms with E-state index in [-0.39, 0.29) is 11.9 Å². The number of carbonyl (C=O) groups is 1. The van der Waals surface area contributed by atoms with E-state index in [0.29, 0.717) is 5.82 Å². The Morgan fingerprint density at radius 3 is 2.48 bits per heavy atom. The molecule has 21 heavy (non-hydrogen) atoms. The lowest BCUT2D eigenvalue weighted by atomic mass is 10.1. The number of benzene rings is 1. The summed E-state index contributed by atoms with van der Waals surface area (Å²) < 4.78 is 1.66. The van der Waals surface area contributed by atoms with E-state index in [1.54, 1.807) is 11.0 Å². The minimum absolute atomic E-state index is 0.00575. The quantitative estimate of drug-likeness (QED) is 0.910. The molecule has 2 aromatic rings. The maximum Gasteiger partial charge on any atom is 0.241 e. The number of amides is 1. The molecule has 0 aliphatic carbocycles. The van der Waals surface area contributed by atoms with Crippen LogP contribution in [0.2, 0.25) is 0 Å². The molecule has 1 N–H and O–H groups in total. The number of nitrogens with one attached hydrogen (secondary N) is 1. The fraction of sp³-hybridized carbons (Fsp3) is 0.400. The van der Waals surface area contributed by atoms with Gasteiger partial charge in [-0.15, -0.1) is 0 Å². The average Bonchev–Trinajstić information content (AvgIpc) is 2.86. The van der Waals surface area contributed by atoms with Crippen LogP contribution in [-0.2, 0) is 11.8 Å². The van der Waals surface area contributed by atoms with E-state index in [1.807, 2.05) is 57.2 Å². The van der Waals surface area contributed by atoms with E-state index >= 15 is 0 Å². The predicted molar refractivity (Wildman–Crippen MR) is 82.8 cm³/mol. The van der Waals surface area contributed by atoms with Gasteiger partial charge in [-0.3, -0.25) is 14.4 Å². The molecule has 0 bridgehead atoms. The number of aryl methyl sites for hydroxylation is 1. The molecule has 6 nitrogen and oxygen atoms in total. The number of hydrogen-bond donors (Lipinski definition) is 1. The molecule has 1 aromatic carbocycles. The number of likely N-dealkylation sites (N-methyl/N-ethyl adjacent to an activating group) is 1. The number of nitrogens with zero attached hydrogens (tertiary/aromatic N) is 4. The molecule has 1 amide bonds. The van der Waals surface area contributed by atoms with Gasteiger partial charge in [-0.2, -0.15) is 5.10 Å². The minimum Gasteiger partial charge on any atom is -0.325 e. The monoisotopic (exact) mass is 287 g/mol. The number of hydrogen-bond acceptors (Lipinski definition) is 4. The Hall–Kier alpha value is -2.21. The highest BCUT2D eigenvalue weighted by Gasteiger charge is 2.18. The van der Waals surface area contributed by atoms with Gasteiger partial charge in [-0.05, 0) is 44.8 Å². The summed E-state index contributed by atoms with van der Waals surface area (Å²) in [4.78, 5) is 18.3. The van der Waals surface area contributed by atoms with Crippen LogP contribution in [0.5, 0.6) is 0 Å². The third-order valence-corrected chi connectivity index (χ3v) is 3.32. The van der Waals surface area contributed by atoms with Crippen LogP contribution in [0.1, 0.15) is 13.3 Å². The van der Waals surface area contributed by atoms with Crippen LogP contribution in [0, 0.1) is 0 Å². The maximum atomic E-state index is 12.2. The first-order valence-electron chi connectivity index (χ1n) is 6.94. The van der Waals surface area contributed by atoms with Crippen LogP contribution >= 0.6 is 0 Å². The Labute approximate surface area is 124 Å². The highest BCUT2D eigenvalue weighted by Crippen LogP contribution is 2.18. The SMILES string of the molecule is CC[C@H](C(=O)Nc1ccc(-c2ncn(C)n2)cc1)N(C)C. The first-order chi connectivity index (χ1) is 10.0. The lowest BCUT2D eigenvalue weighted by Gasteiger charge is -2.21. The predicted octanol–water partition coefficient (Wildman–Crippen LogP) is 1.76. The smallest absolute Gasteiger partial charge is 0.241 e. The van der Waals surface area contributed by atoms with Gasteiger partial charge in [-0.25, -0.2) is 4.98 Å². The van der Waals surface area contributed by atoms with Crippen molar-refractivity contribution >= 4 is 11.6 Å². The first-order valence-corrected chi connectivity index (χ1v) is 6.94. The molecule has 112 valence electrons. The van der Waals surface area contributed by atoms with Crippen LogP contribution in [0.3, 0.4) is 0 Å². The molecular weight excluding hydrogens is 266 g/mol. The fourth-order valence-electron chi connectivity index (χ4n) is 2.18. The first kappa shape index (κ1) is 15.2. The van der Waals surface area contributed by atoms with E-state index in [0.717, 1.165) is 17.7 Å². The molecule has 1 aromatic heterocycles. The number of rotatable bonds is 5. The molecule has 0 saturated carbocycles. The van der Waals surface area contributed by atoms with Crippen LogP contribution in [-0.4, -0.2) is 45.7 Å². The molecular formula is C15H21N5O. The van der Waals surface area contributed by atoms with Crippen molar-refractivity contribution in [2.24, 2.45) is 7.05 Å². The lowest BCUT2D eigenvalue weighted by Crippen LogP contribution is -2.39.